The first kappa shape index (κ1) is 10.6. The Morgan fingerprint density at radius 3 is 2.87 bits per heavy atom. The van der Waals surface area contributed by atoms with Crippen molar-refractivity contribution in [2.24, 2.45) is 5.92 Å². The van der Waals surface area contributed by atoms with E-state index < -0.39 is 0 Å². The summed E-state index contributed by atoms with van der Waals surface area (Å²) in [5.74, 6) is 0.246. The molecule has 0 saturated heterocycles. The van der Waals surface area contributed by atoms with E-state index in [9.17, 15) is 4.79 Å². The molecule has 1 fully saturated rings. The Hall–Kier alpha value is -0.940. The summed E-state index contributed by atoms with van der Waals surface area (Å²) in [7, 11) is 3.05. The van der Waals surface area contributed by atoms with Crippen molar-refractivity contribution in [3.63, 3.8) is 0 Å². The second kappa shape index (κ2) is 4.28. The molecule has 2 rings (SSSR count). The maximum Gasteiger partial charge on any atom is 0.349 e. The Morgan fingerprint density at radius 1 is 1.60 bits per heavy atom. The quantitative estimate of drug-likeness (QED) is 0.738. The van der Waals surface area contributed by atoms with Crippen molar-refractivity contribution in [2.45, 2.75) is 18.9 Å². The fraction of sp³-hybridized carbons (Fsp3) is 0.600. The van der Waals surface area contributed by atoms with Gasteiger partial charge in [-0.2, -0.15) is 0 Å². The Bertz CT molecular complexity index is 359. The summed E-state index contributed by atoms with van der Waals surface area (Å²) in [5.41, 5.74) is 0. The molecule has 0 radical (unpaired) electrons. The molecule has 1 heterocycles. The number of carbonyl (C=O) groups excluding carboxylic acids is 1. The van der Waals surface area contributed by atoms with Crippen LogP contribution in [0.1, 0.15) is 33.6 Å². The minimum Gasteiger partial charge on any atom is -0.465 e. The van der Waals surface area contributed by atoms with Gasteiger partial charge in [-0.15, -0.1) is 11.3 Å². The van der Waals surface area contributed by atoms with Crippen LogP contribution in [0.5, 0.6) is 0 Å². The van der Waals surface area contributed by atoms with E-state index in [2.05, 4.69) is 9.72 Å². The van der Waals surface area contributed by atoms with E-state index in [-0.39, 0.29) is 12.1 Å². The highest BCUT2D eigenvalue weighted by molar-refractivity contribution is 7.13. The van der Waals surface area contributed by atoms with Gasteiger partial charge in [0.25, 0.3) is 0 Å². The van der Waals surface area contributed by atoms with E-state index in [0.717, 1.165) is 5.01 Å². The molecule has 0 aliphatic heterocycles. The first-order valence-corrected chi connectivity index (χ1v) is 5.64. The molecule has 0 spiro atoms. The zero-order chi connectivity index (χ0) is 10.8. The molecule has 1 saturated carbocycles. The summed E-state index contributed by atoms with van der Waals surface area (Å²) < 4.78 is 10.0. The van der Waals surface area contributed by atoms with E-state index in [0.29, 0.717) is 10.8 Å². The lowest BCUT2D eigenvalue weighted by molar-refractivity contribution is 0.0606. The van der Waals surface area contributed by atoms with Crippen molar-refractivity contribution in [1.29, 1.82) is 0 Å². The molecule has 1 aliphatic carbocycles. The standard InChI is InChI=1S/C10H13NO3S/c1-13-8(6-3-4-6)9-11-5-7(15-9)10(12)14-2/h5-6,8H,3-4H2,1-2H3. The molecule has 1 unspecified atom stereocenters. The lowest BCUT2D eigenvalue weighted by Gasteiger charge is -2.09. The lowest BCUT2D eigenvalue weighted by atomic mass is 10.2. The summed E-state index contributed by atoms with van der Waals surface area (Å²) in [6.07, 6.45) is 3.98. The average molecular weight is 227 g/mol. The molecule has 1 aliphatic rings. The number of nitrogens with zero attached hydrogens (tertiary/aromatic N) is 1. The number of ether oxygens (including phenoxy) is 2. The molecule has 15 heavy (non-hydrogen) atoms. The van der Waals surface area contributed by atoms with Gasteiger partial charge in [-0.05, 0) is 18.8 Å². The highest BCUT2D eigenvalue weighted by Crippen LogP contribution is 2.43. The van der Waals surface area contributed by atoms with Crippen molar-refractivity contribution < 1.29 is 14.3 Å². The summed E-state index contributed by atoms with van der Waals surface area (Å²) in [4.78, 5) is 16.0. The Balaban J connectivity index is 2.14. The third kappa shape index (κ3) is 2.18. The highest BCUT2D eigenvalue weighted by Gasteiger charge is 2.34. The number of hydrogen-bond donors (Lipinski definition) is 0. The second-order valence-corrected chi connectivity index (χ2v) is 4.61. The van der Waals surface area contributed by atoms with Crippen LogP contribution in [-0.2, 0) is 9.47 Å². The molecule has 0 bridgehead atoms. The van der Waals surface area contributed by atoms with Gasteiger partial charge in [0.15, 0.2) is 0 Å². The first-order valence-electron chi connectivity index (χ1n) is 4.83. The monoisotopic (exact) mass is 227 g/mol. The van der Waals surface area contributed by atoms with E-state index in [1.165, 1.54) is 31.3 Å². The van der Waals surface area contributed by atoms with Gasteiger partial charge in [0.1, 0.15) is 16.0 Å². The predicted molar refractivity (Wildman–Crippen MR) is 55.9 cm³/mol. The van der Waals surface area contributed by atoms with E-state index >= 15 is 0 Å². The maximum absolute atomic E-state index is 11.2. The van der Waals surface area contributed by atoms with Gasteiger partial charge in [-0.1, -0.05) is 0 Å². The SMILES string of the molecule is COC(=O)c1cnc(C(OC)C2CC2)s1. The maximum atomic E-state index is 11.2. The van der Waals surface area contributed by atoms with Crippen molar-refractivity contribution in [2.75, 3.05) is 14.2 Å². The van der Waals surface area contributed by atoms with Crippen LogP contribution in [0, 0.1) is 5.92 Å². The first-order chi connectivity index (χ1) is 7.26. The lowest BCUT2D eigenvalue weighted by Crippen LogP contribution is -2.02. The minimum absolute atomic E-state index is 0.0495. The molecule has 0 aromatic carbocycles. The van der Waals surface area contributed by atoms with Gasteiger partial charge in [-0.3, -0.25) is 0 Å². The molecule has 1 atom stereocenters. The zero-order valence-corrected chi connectivity index (χ0v) is 9.54. The molecule has 0 N–H and O–H groups in total. The second-order valence-electron chi connectivity index (χ2n) is 3.55. The fourth-order valence-electron chi connectivity index (χ4n) is 1.51. The van der Waals surface area contributed by atoms with Crippen LogP contribution < -0.4 is 0 Å². The highest BCUT2D eigenvalue weighted by atomic mass is 32.1. The molecule has 5 heteroatoms. The normalized spacial score (nSPS) is 17.5. The van der Waals surface area contributed by atoms with Crippen LogP contribution in [0.4, 0.5) is 0 Å². The summed E-state index contributed by atoms with van der Waals surface area (Å²) in [6.45, 7) is 0. The number of carbonyl (C=O) groups is 1. The fourth-order valence-corrected chi connectivity index (χ4v) is 2.52. The number of esters is 1. The Kier molecular flexibility index (Phi) is 3.02. The molecular formula is C10H13NO3S. The average Bonchev–Trinajstić information content (AvgIpc) is 2.96. The van der Waals surface area contributed by atoms with Crippen molar-refractivity contribution >= 4 is 17.3 Å². The van der Waals surface area contributed by atoms with E-state index in [4.69, 9.17) is 4.74 Å². The van der Waals surface area contributed by atoms with Crippen LogP contribution in [0.3, 0.4) is 0 Å². The molecule has 4 nitrogen and oxygen atoms in total. The van der Waals surface area contributed by atoms with E-state index in [1.54, 1.807) is 13.3 Å². The van der Waals surface area contributed by atoms with Gasteiger partial charge >= 0.3 is 5.97 Å². The van der Waals surface area contributed by atoms with Crippen LogP contribution in [0.15, 0.2) is 6.20 Å². The van der Waals surface area contributed by atoms with Crippen LogP contribution in [-0.4, -0.2) is 25.2 Å². The van der Waals surface area contributed by atoms with Crippen LogP contribution in [0.25, 0.3) is 0 Å². The number of methoxy groups -OCH3 is 2. The van der Waals surface area contributed by atoms with Gasteiger partial charge in [0, 0.05) is 7.11 Å². The Labute approximate surface area is 92.2 Å². The van der Waals surface area contributed by atoms with Crippen LogP contribution >= 0.6 is 11.3 Å². The Morgan fingerprint density at radius 2 is 2.33 bits per heavy atom. The summed E-state index contributed by atoms with van der Waals surface area (Å²) in [5, 5.41) is 0.875. The van der Waals surface area contributed by atoms with Gasteiger partial charge in [0.2, 0.25) is 0 Å². The van der Waals surface area contributed by atoms with Crippen molar-refractivity contribution in [1.82, 2.24) is 4.98 Å². The van der Waals surface area contributed by atoms with Gasteiger partial charge < -0.3 is 9.47 Å². The molecule has 1 aromatic heterocycles. The summed E-state index contributed by atoms with van der Waals surface area (Å²) in [6, 6.07) is 0. The minimum atomic E-state index is -0.329. The predicted octanol–water partition coefficient (Wildman–Crippen LogP) is 2.03. The van der Waals surface area contributed by atoms with Crippen molar-refractivity contribution in [3.8, 4) is 0 Å². The largest absolute Gasteiger partial charge is 0.465 e. The van der Waals surface area contributed by atoms with Gasteiger partial charge in [-0.25, -0.2) is 9.78 Å². The van der Waals surface area contributed by atoms with Gasteiger partial charge in [0.05, 0.1) is 13.3 Å². The topological polar surface area (TPSA) is 48.4 Å². The number of thiazole rings is 1. The van der Waals surface area contributed by atoms with Crippen LogP contribution in [0.2, 0.25) is 0 Å². The number of hydrogen-bond acceptors (Lipinski definition) is 5. The molecule has 1 aromatic rings. The van der Waals surface area contributed by atoms with E-state index in [1.807, 2.05) is 0 Å². The third-order valence-electron chi connectivity index (χ3n) is 2.46. The third-order valence-corrected chi connectivity index (χ3v) is 3.50. The zero-order valence-electron chi connectivity index (χ0n) is 8.73. The molecule has 82 valence electrons. The van der Waals surface area contributed by atoms with Crippen molar-refractivity contribution in [3.05, 3.63) is 16.1 Å². The molecule has 0 amide bonds. The number of rotatable bonds is 4. The number of aromatic nitrogens is 1. The smallest absolute Gasteiger partial charge is 0.349 e. The summed E-state index contributed by atoms with van der Waals surface area (Å²) >= 11 is 1.36. The molecular weight excluding hydrogens is 214 g/mol.